The Morgan fingerprint density at radius 2 is 1.31 bits per heavy atom. The third kappa shape index (κ3) is 26.6. The van der Waals surface area contributed by atoms with Crippen LogP contribution in [0, 0.1) is 0 Å². The minimum atomic E-state index is -4.45. The number of phosphoric acid groups is 1. The summed E-state index contributed by atoms with van der Waals surface area (Å²) in [6.07, 6.45) is 20.2. The summed E-state index contributed by atoms with van der Waals surface area (Å²) in [5.41, 5.74) is 0. The Bertz CT molecular complexity index is 550. The van der Waals surface area contributed by atoms with Gasteiger partial charge in [0.1, 0.15) is 19.3 Å². The Morgan fingerprint density at radius 1 is 0.833 bits per heavy atom. The summed E-state index contributed by atoms with van der Waals surface area (Å²) in [6.45, 7) is 4.94. The summed E-state index contributed by atoms with van der Waals surface area (Å²) in [6, 6.07) is 0. The molecule has 216 valence electrons. The highest BCUT2D eigenvalue weighted by molar-refractivity contribution is 7.45. The van der Waals surface area contributed by atoms with Crippen LogP contribution in [0.2, 0.25) is 0 Å². The predicted molar refractivity (Wildman–Crippen MR) is 145 cm³/mol. The second-order valence-corrected chi connectivity index (χ2v) is 11.6. The van der Waals surface area contributed by atoms with Crippen LogP contribution in [-0.4, -0.2) is 59.0 Å². The van der Waals surface area contributed by atoms with Crippen molar-refractivity contribution in [2.45, 2.75) is 123 Å². The van der Waals surface area contributed by atoms with E-state index in [0.29, 0.717) is 13.2 Å². The molecule has 0 radical (unpaired) electrons. The normalized spacial score (nSPS) is 14.2. The van der Waals surface area contributed by atoms with E-state index in [4.69, 9.17) is 13.8 Å². The van der Waals surface area contributed by atoms with Crippen LogP contribution in [0.3, 0.4) is 0 Å². The molecule has 0 fully saturated rings. The van der Waals surface area contributed by atoms with Gasteiger partial charge in [-0.15, -0.1) is 0 Å². The van der Waals surface area contributed by atoms with Crippen LogP contribution in [0.25, 0.3) is 0 Å². The number of ether oxygens (including phenoxy) is 1. The quantitative estimate of drug-likeness (QED) is 0.119. The molecule has 0 rings (SSSR count). The molecule has 9 heteroatoms. The van der Waals surface area contributed by atoms with E-state index in [1.807, 2.05) is 14.1 Å². The molecule has 2 atom stereocenters. The molecule has 0 saturated carbocycles. The molecule has 0 spiro atoms. The van der Waals surface area contributed by atoms with E-state index >= 15 is 0 Å². The second kappa shape index (κ2) is 24.8. The molecule has 0 bridgehead atoms. The smallest absolute Gasteiger partial charge is 0.268 e. The third-order valence-electron chi connectivity index (χ3n) is 6.15. The van der Waals surface area contributed by atoms with Gasteiger partial charge >= 0.3 is 0 Å². The van der Waals surface area contributed by atoms with Crippen LogP contribution < -0.4 is 15.1 Å². The molecule has 2 N–H and O–H groups in total. The van der Waals surface area contributed by atoms with Gasteiger partial charge in [-0.3, -0.25) is 9.36 Å². The van der Waals surface area contributed by atoms with Gasteiger partial charge in [0.2, 0.25) is 5.91 Å². The van der Waals surface area contributed by atoms with Gasteiger partial charge in [-0.2, -0.15) is 0 Å². The van der Waals surface area contributed by atoms with Crippen molar-refractivity contribution in [3.05, 3.63) is 0 Å². The van der Waals surface area contributed by atoms with Crippen LogP contribution >= 0.6 is 7.82 Å². The van der Waals surface area contributed by atoms with E-state index in [2.05, 4.69) is 12.2 Å². The van der Waals surface area contributed by atoms with Gasteiger partial charge < -0.3 is 28.9 Å². The van der Waals surface area contributed by atoms with E-state index in [1.54, 1.807) is 0 Å². The van der Waals surface area contributed by atoms with Gasteiger partial charge in [0.05, 0.1) is 20.7 Å². The van der Waals surface area contributed by atoms with Crippen molar-refractivity contribution in [2.24, 2.45) is 0 Å². The monoisotopic (exact) mass is 536 g/mol. The van der Waals surface area contributed by atoms with Crippen molar-refractivity contribution in [2.75, 3.05) is 47.0 Å². The first-order valence-corrected chi connectivity index (χ1v) is 16.0. The number of carbonyl (C=O) groups excluding carboxylic acids is 1. The zero-order chi connectivity index (χ0) is 26.9. The van der Waals surface area contributed by atoms with Crippen LogP contribution in [0.1, 0.15) is 117 Å². The Balaban J connectivity index is 3.73. The molecule has 0 aromatic heterocycles. The molecular formula is C27H57N2O6P. The van der Waals surface area contributed by atoms with Crippen molar-refractivity contribution in [3.8, 4) is 0 Å². The fraction of sp³-hybridized carbons (Fsp3) is 0.963. The Morgan fingerprint density at radius 3 is 1.75 bits per heavy atom. The van der Waals surface area contributed by atoms with Gasteiger partial charge in [-0.25, -0.2) is 0 Å². The van der Waals surface area contributed by atoms with E-state index < -0.39 is 13.9 Å². The number of unbranched alkanes of at least 4 members (excludes halogenated alkanes) is 15. The largest absolute Gasteiger partial charge is 0.756 e. The number of rotatable bonds is 27. The summed E-state index contributed by atoms with van der Waals surface area (Å²) in [4.78, 5) is 24.4. The maximum atomic E-state index is 12.1. The molecule has 0 aromatic carbocycles. The molecule has 2 unspecified atom stereocenters. The topological polar surface area (TPSA) is 101 Å². The Labute approximate surface area is 221 Å². The molecule has 0 aliphatic heterocycles. The van der Waals surface area contributed by atoms with Crippen LogP contribution in [0.15, 0.2) is 0 Å². The van der Waals surface area contributed by atoms with Crippen LogP contribution in [0.4, 0.5) is 0 Å². The average molecular weight is 537 g/mol. The SMILES string of the molecule is CCCCCCCCCCCCCCCCCCOCC(CNC(C)=O)OP(=O)([O-])OCC[NH+](C)C. The van der Waals surface area contributed by atoms with E-state index in [9.17, 15) is 14.3 Å². The Kier molecular flexibility index (Phi) is 24.5. The van der Waals surface area contributed by atoms with E-state index in [-0.39, 0.29) is 25.7 Å². The molecular weight excluding hydrogens is 479 g/mol. The second-order valence-electron chi connectivity index (χ2n) is 10.3. The summed E-state index contributed by atoms with van der Waals surface area (Å²) < 4.78 is 27.7. The van der Waals surface area contributed by atoms with Crippen LogP contribution in [-0.2, 0) is 23.1 Å². The van der Waals surface area contributed by atoms with Crippen molar-refractivity contribution in [1.82, 2.24) is 5.32 Å². The minimum absolute atomic E-state index is 0.0516. The number of quaternary nitrogens is 1. The number of amides is 1. The van der Waals surface area contributed by atoms with Crippen molar-refractivity contribution < 1.29 is 32.9 Å². The lowest BCUT2D eigenvalue weighted by Crippen LogP contribution is -3.06. The fourth-order valence-electron chi connectivity index (χ4n) is 3.93. The molecule has 0 saturated heterocycles. The number of nitrogens with one attached hydrogen (secondary N) is 2. The lowest BCUT2D eigenvalue weighted by molar-refractivity contribution is -0.858. The van der Waals surface area contributed by atoms with Crippen LogP contribution in [0.5, 0.6) is 0 Å². The lowest BCUT2D eigenvalue weighted by Gasteiger charge is -2.28. The third-order valence-corrected chi connectivity index (χ3v) is 7.21. The molecule has 0 aliphatic rings. The first-order chi connectivity index (χ1) is 17.3. The predicted octanol–water partition coefficient (Wildman–Crippen LogP) is 4.42. The van der Waals surface area contributed by atoms with Gasteiger partial charge in [0.15, 0.2) is 0 Å². The molecule has 36 heavy (non-hydrogen) atoms. The molecule has 1 amide bonds. The number of carbonyl (C=O) groups is 1. The van der Waals surface area contributed by atoms with Gasteiger partial charge in [0.25, 0.3) is 7.82 Å². The van der Waals surface area contributed by atoms with Crippen molar-refractivity contribution >= 4 is 13.7 Å². The Hall–Kier alpha value is -0.500. The maximum Gasteiger partial charge on any atom is 0.268 e. The molecule has 0 heterocycles. The van der Waals surface area contributed by atoms with Gasteiger partial charge in [-0.05, 0) is 6.42 Å². The molecule has 0 aliphatic carbocycles. The first kappa shape index (κ1) is 35.5. The van der Waals surface area contributed by atoms with Crippen molar-refractivity contribution in [1.29, 1.82) is 0 Å². The number of likely N-dealkylation sites (N-methyl/N-ethyl adjacent to an activating group) is 1. The summed E-state index contributed by atoms with van der Waals surface area (Å²) in [7, 11) is -0.636. The first-order valence-electron chi connectivity index (χ1n) is 14.5. The molecule has 8 nitrogen and oxygen atoms in total. The fourth-order valence-corrected chi connectivity index (χ4v) is 4.80. The summed E-state index contributed by atoms with van der Waals surface area (Å²) >= 11 is 0. The summed E-state index contributed by atoms with van der Waals surface area (Å²) in [5, 5.41) is 2.59. The van der Waals surface area contributed by atoms with E-state index in [1.165, 1.54) is 96.8 Å². The van der Waals surface area contributed by atoms with E-state index in [0.717, 1.165) is 17.7 Å². The minimum Gasteiger partial charge on any atom is -0.756 e. The van der Waals surface area contributed by atoms with Crippen molar-refractivity contribution in [3.63, 3.8) is 0 Å². The van der Waals surface area contributed by atoms with Gasteiger partial charge in [0, 0.05) is 20.1 Å². The lowest BCUT2D eigenvalue weighted by atomic mass is 10.0. The highest BCUT2D eigenvalue weighted by atomic mass is 31.2. The van der Waals surface area contributed by atoms with Gasteiger partial charge in [-0.1, -0.05) is 103 Å². The maximum absolute atomic E-state index is 12.1. The zero-order valence-electron chi connectivity index (χ0n) is 23.8. The highest BCUT2D eigenvalue weighted by Crippen LogP contribution is 2.39. The highest BCUT2D eigenvalue weighted by Gasteiger charge is 2.19. The standard InChI is InChI=1S/C27H57N2O6P/c1-5-6-7-8-9-10-11-12-13-14-15-16-17-18-19-20-22-33-25-27(24-28-26(2)30)35-36(31,32)34-23-21-29(3)4/h27H,5-25H2,1-4H3,(H,28,30)(H,31,32). The number of hydrogen-bond acceptors (Lipinski definition) is 6. The molecule has 0 aromatic rings. The number of phosphoric ester groups is 1. The average Bonchev–Trinajstić information content (AvgIpc) is 2.81. The number of hydrogen-bond donors (Lipinski definition) is 2. The summed E-state index contributed by atoms with van der Waals surface area (Å²) in [5.74, 6) is -0.251. The zero-order valence-corrected chi connectivity index (χ0v) is 24.7.